The van der Waals surface area contributed by atoms with Crippen molar-refractivity contribution in [3.05, 3.63) is 29.6 Å². The zero-order chi connectivity index (χ0) is 15.2. The van der Waals surface area contributed by atoms with E-state index in [1.165, 1.54) is 12.8 Å². The zero-order valence-electron chi connectivity index (χ0n) is 12.9. The summed E-state index contributed by atoms with van der Waals surface area (Å²) in [6.07, 6.45) is 4.53. The highest BCUT2D eigenvalue weighted by Crippen LogP contribution is 2.43. The van der Waals surface area contributed by atoms with Crippen molar-refractivity contribution in [1.29, 1.82) is 0 Å². The number of nitrogens with zero attached hydrogens (tertiary/aromatic N) is 2. The summed E-state index contributed by atoms with van der Waals surface area (Å²) >= 11 is 0. The van der Waals surface area contributed by atoms with Crippen molar-refractivity contribution in [2.75, 3.05) is 0 Å². The third kappa shape index (κ3) is 2.43. The molecule has 1 saturated carbocycles. The molecule has 1 N–H and O–H groups in total. The molecule has 3 rings (SSSR count). The number of aromatic nitrogens is 2. The van der Waals surface area contributed by atoms with Gasteiger partial charge in [-0.25, -0.2) is 9.78 Å². The fourth-order valence-corrected chi connectivity index (χ4v) is 3.20. The number of hydrogen-bond donors (Lipinski definition) is 1. The highest BCUT2D eigenvalue weighted by Gasteiger charge is 2.34. The Morgan fingerprint density at radius 3 is 2.71 bits per heavy atom. The normalized spacial score (nSPS) is 15.6. The third-order valence-electron chi connectivity index (χ3n) is 4.34. The van der Waals surface area contributed by atoms with Crippen LogP contribution < -0.4 is 0 Å². The second-order valence-electron chi connectivity index (χ2n) is 6.65. The Hall–Kier alpha value is -1.84. The second-order valence-corrected chi connectivity index (χ2v) is 6.65. The van der Waals surface area contributed by atoms with Crippen molar-refractivity contribution in [3.8, 4) is 0 Å². The predicted molar refractivity (Wildman–Crippen MR) is 82.9 cm³/mol. The van der Waals surface area contributed by atoms with Gasteiger partial charge in [0.05, 0.1) is 16.6 Å². The quantitative estimate of drug-likeness (QED) is 0.898. The number of carbonyl (C=O) groups is 1. The molecule has 1 aromatic heterocycles. The number of rotatable bonds is 5. The lowest BCUT2D eigenvalue weighted by Crippen LogP contribution is -2.27. The maximum Gasteiger partial charge on any atom is 0.335 e. The first kappa shape index (κ1) is 14.1. The van der Waals surface area contributed by atoms with Gasteiger partial charge in [0, 0.05) is 11.5 Å². The minimum atomic E-state index is -0.883. The van der Waals surface area contributed by atoms with E-state index in [2.05, 4.69) is 25.3 Å². The minimum absolute atomic E-state index is 0.0431. The molecule has 1 aromatic carbocycles. The third-order valence-corrected chi connectivity index (χ3v) is 4.34. The van der Waals surface area contributed by atoms with E-state index < -0.39 is 5.97 Å². The first-order chi connectivity index (χ1) is 9.94. The molecule has 0 spiro atoms. The van der Waals surface area contributed by atoms with Crippen molar-refractivity contribution < 1.29 is 9.90 Å². The topological polar surface area (TPSA) is 55.1 Å². The lowest BCUT2D eigenvalue weighted by atomic mass is 9.97. The molecule has 0 unspecified atom stereocenters. The van der Waals surface area contributed by atoms with Crippen molar-refractivity contribution in [2.45, 2.75) is 57.9 Å². The van der Waals surface area contributed by atoms with E-state index in [4.69, 9.17) is 4.98 Å². The van der Waals surface area contributed by atoms with Crippen LogP contribution in [0.1, 0.15) is 68.6 Å². The minimum Gasteiger partial charge on any atom is -0.478 e. The van der Waals surface area contributed by atoms with Crippen LogP contribution in [0.25, 0.3) is 11.0 Å². The average molecular weight is 286 g/mol. The van der Waals surface area contributed by atoms with Crippen molar-refractivity contribution in [3.63, 3.8) is 0 Å². The average Bonchev–Trinajstić information content (AvgIpc) is 3.17. The number of benzene rings is 1. The largest absolute Gasteiger partial charge is 0.478 e. The van der Waals surface area contributed by atoms with Gasteiger partial charge in [0.15, 0.2) is 0 Å². The molecular weight excluding hydrogens is 264 g/mol. The van der Waals surface area contributed by atoms with Gasteiger partial charge < -0.3 is 9.67 Å². The Bertz CT molecular complexity index is 696. The SMILES string of the molecule is CCCC(C)(C)n1c(C2CC2)nc2ccc(C(=O)O)cc21. The standard InChI is InChI=1S/C17H22N2O2/c1-4-9-17(2,3)19-14-10-12(16(20)21)7-8-13(14)18-15(19)11-5-6-11/h7-8,10-11H,4-6,9H2,1-3H3,(H,20,21). The Balaban J connectivity index is 2.24. The van der Waals surface area contributed by atoms with Crippen molar-refractivity contribution >= 4 is 17.0 Å². The monoisotopic (exact) mass is 286 g/mol. The number of carboxylic acids is 1. The molecule has 1 fully saturated rings. The van der Waals surface area contributed by atoms with Gasteiger partial charge in [0.1, 0.15) is 5.82 Å². The smallest absolute Gasteiger partial charge is 0.335 e. The molecule has 112 valence electrons. The lowest BCUT2D eigenvalue weighted by Gasteiger charge is -2.29. The molecule has 1 aliphatic rings. The summed E-state index contributed by atoms with van der Waals surface area (Å²) < 4.78 is 2.29. The van der Waals surface area contributed by atoms with Crippen LogP contribution in [0.2, 0.25) is 0 Å². The van der Waals surface area contributed by atoms with Crippen LogP contribution in [0.4, 0.5) is 0 Å². The van der Waals surface area contributed by atoms with Crippen LogP contribution in [-0.2, 0) is 5.54 Å². The van der Waals surface area contributed by atoms with E-state index in [1.807, 2.05) is 6.07 Å². The summed E-state index contributed by atoms with van der Waals surface area (Å²) in [5.74, 6) is 0.790. The summed E-state index contributed by atoms with van der Waals surface area (Å²) in [6.45, 7) is 6.62. The fourth-order valence-electron chi connectivity index (χ4n) is 3.20. The van der Waals surface area contributed by atoms with Crippen LogP contribution >= 0.6 is 0 Å². The van der Waals surface area contributed by atoms with Gasteiger partial charge in [-0.1, -0.05) is 13.3 Å². The Labute approximate surface area is 124 Å². The fraction of sp³-hybridized carbons (Fsp3) is 0.529. The lowest BCUT2D eigenvalue weighted by molar-refractivity contribution is 0.0697. The predicted octanol–water partition coefficient (Wildman–Crippen LogP) is 4.15. The van der Waals surface area contributed by atoms with Crippen LogP contribution in [0.5, 0.6) is 0 Å². The van der Waals surface area contributed by atoms with Crippen LogP contribution in [-0.4, -0.2) is 20.6 Å². The highest BCUT2D eigenvalue weighted by atomic mass is 16.4. The molecule has 0 bridgehead atoms. The van der Waals surface area contributed by atoms with E-state index in [0.29, 0.717) is 11.5 Å². The van der Waals surface area contributed by atoms with Crippen LogP contribution in [0.3, 0.4) is 0 Å². The molecule has 0 saturated heterocycles. The number of imidazole rings is 1. The maximum absolute atomic E-state index is 11.3. The van der Waals surface area contributed by atoms with Gasteiger partial charge in [0.25, 0.3) is 0 Å². The van der Waals surface area contributed by atoms with Gasteiger partial charge in [-0.05, 0) is 51.3 Å². The Kier molecular flexibility index (Phi) is 3.27. The first-order valence-electron chi connectivity index (χ1n) is 7.70. The number of aromatic carboxylic acids is 1. The summed E-state index contributed by atoms with van der Waals surface area (Å²) in [5, 5.41) is 9.24. The molecule has 21 heavy (non-hydrogen) atoms. The molecule has 2 aromatic rings. The van der Waals surface area contributed by atoms with E-state index in [-0.39, 0.29) is 5.54 Å². The molecule has 1 heterocycles. The zero-order valence-corrected chi connectivity index (χ0v) is 12.9. The van der Waals surface area contributed by atoms with E-state index >= 15 is 0 Å². The van der Waals surface area contributed by atoms with Gasteiger partial charge in [-0.3, -0.25) is 0 Å². The Morgan fingerprint density at radius 2 is 2.14 bits per heavy atom. The van der Waals surface area contributed by atoms with E-state index in [1.54, 1.807) is 12.1 Å². The molecule has 1 aliphatic carbocycles. The summed E-state index contributed by atoms with van der Waals surface area (Å²) in [6, 6.07) is 5.25. The van der Waals surface area contributed by atoms with Crippen molar-refractivity contribution in [1.82, 2.24) is 9.55 Å². The van der Waals surface area contributed by atoms with Crippen molar-refractivity contribution in [2.24, 2.45) is 0 Å². The molecule has 0 amide bonds. The molecule has 0 aliphatic heterocycles. The van der Waals surface area contributed by atoms with E-state index in [9.17, 15) is 9.90 Å². The van der Waals surface area contributed by atoms with Gasteiger partial charge in [-0.2, -0.15) is 0 Å². The maximum atomic E-state index is 11.3. The molecule has 0 radical (unpaired) electrons. The molecule has 0 atom stereocenters. The number of fused-ring (bicyclic) bond motifs is 1. The van der Waals surface area contributed by atoms with E-state index in [0.717, 1.165) is 29.7 Å². The van der Waals surface area contributed by atoms with Gasteiger partial charge in [0.2, 0.25) is 0 Å². The first-order valence-corrected chi connectivity index (χ1v) is 7.70. The molecule has 4 heteroatoms. The summed E-state index contributed by atoms with van der Waals surface area (Å²) in [5.41, 5.74) is 2.15. The number of carboxylic acid groups (broad SMARTS) is 1. The summed E-state index contributed by atoms with van der Waals surface area (Å²) in [4.78, 5) is 16.0. The highest BCUT2D eigenvalue weighted by molar-refractivity contribution is 5.92. The number of hydrogen-bond acceptors (Lipinski definition) is 2. The van der Waals surface area contributed by atoms with Gasteiger partial charge in [-0.15, -0.1) is 0 Å². The Morgan fingerprint density at radius 1 is 1.43 bits per heavy atom. The van der Waals surface area contributed by atoms with Crippen LogP contribution in [0, 0.1) is 0 Å². The summed E-state index contributed by atoms with van der Waals surface area (Å²) in [7, 11) is 0. The second kappa shape index (κ2) is 4.86. The van der Waals surface area contributed by atoms with Crippen LogP contribution in [0.15, 0.2) is 18.2 Å². The molecular formula is C17H22N2O2. The van der Waals surface area contributed by atoms with Gasteiger partial charge >= 0.3 is 5.97 Å². The molecule has 4 nitrogen and oxygen atoms in total.